The average molecular weight is 521 g/mol. The van der Waals surface area contributed by atoms with Crippen LogP contribution in [0.3, 0.4) is 0 Å². The van der Waals surface area contributed by atoms with E-state index in [-0.39, 0.29) is 5.97 Å². The first-order valence-electron chi connectivity index (χ1n) is 14.4. The summed E-state index contributed by atoms with van der Waals surface area (Å²) in [5.41, 5.74) is -2.88. The van der Waals surface area contributed by atoms with Gasteiger partial charge in [0.15, 0.2) is 17.7 Å². The van der Waals surface area contributed by atoms with Gasteiger partial charge in [0, 0.05) is 31.1 Å². The fourth-order valence-corrected chi connectivity index (χ4v) is 8.43. The Morgan fingerprint density at radius 2 is 1.27 bits per heavy atom. The third-order valence-corrected chi connectivity index (χ3v) is 11.3. The molecule has 7 aliphatic rings. The van der Waals surface area contributed by atoms with Gasteiger partial charge >= 0.3 is 11.9 Å². The van der Waals surface area contributed by atoms with Crippen LogP contribution in [0.15, 0.2) is 0 Å². The van der Waals surface area contributed by atoms with Crippen LogP contribution in [-0.2, 0) is 38.0 Å². The lowest BCUT2D eigenvalue weighted by Gasteiger charge is -2.42. The molecule has 3 aliphatic heterocycles. The highest BCUT2D eigenvalue weighted by atomic mass is 16.8. The van der Waals surface area contributed by atoms with Gasteiger partial charge in [-0.05, 0) is 45.4 Å². The minimum absolute atomic E-state index is 0.365. The summed E-state index contributed by atoms with van der Waals surface area (Å²) in [4.78, 5) is 26.7. The monoisotopic (exact) mass is 520 g/mol. The highest BCUT2D eigenvalue weighted by molar-refractivity contribution is 5.93. The highest BCUT2D eigenvalue weighted by Crippen LogP contribution is 2.66. The molecule has 206 valence electrons. The number of aliphatic hydroxyl groups excluding tert-OH is 1. The second-order valence-corrected chi connectivity index (χ2v) is 13.3. The number of carbonyl (C=O) groups excluding carboxylic acids is 2. The quantitative estimate of drug-likeness (QED) is 0.549. The van der Waals surface area contributed by atoms with Crippen LogP contribution in [0.2, 0.25) is 0 Å². The fraction of sp³-hybridized carbons (Fsp3) is 0.929. The van der Waals surface area contributed by atoms with Gasteiger partial charge in [0.2, 0.25) is 5.60 Å². The Balaban J connectivity index is 1.21. The number of ether oxygens (including phenoxy) is 6. The van der Waals surface area contributed by atoms with Crippen molar-refractivity contribution < 1.29 is 43.1 Å². The van der Waals surface area contributed by atoms with E-state index in [0.29, 0.717) is 12.8 Å². The SMILES string of the molecule is CC1(C)[C@@]2(C)CC[C@]1(C(=O)O[C@H]1[C@H](O)[C@H]3OC4(CCCCC4)O[C@@H]3[C@H]3OC4(CCCCC4)O[C@H]31)OC2=O. The zero-order chi connectivity index (χ0) is 25.8. The summed E-state index contributed by atoms with van der Waals surface area (Å²) in [6.45, 7) is 5.66. The first-order valence-corrected chi connectivity index (χ1v) is 14.4. The van der Waals surface area contributed by atoms with E-state index in [1.807, 2.05) is 20.8 Å². The molecule has 4 saturated carbocycles. The summed E-state index contributed by atoms with van der Waals surface area (Å²) in [6, 6.07) is 0. The van der Waals surface area contributed by atoms with Crippen molar-refractivity contribution in [2.75, 3.05) is 0 Å². The molecule has 7 fully saturated rings. The molecule has 4 aliphatic carbocycles. The van der Waals surface area contributed by atoms with Crippen LogP contribution in [0, 0.1) is 10.8 Å². The predicted molar refractivity (Wildman–Crippen MR) is 127 cm³/mol. The number of esters is 2. The molecule has 37 heavy (non-hydrogen) atoms. The van der Waals surface area contributed by atoms with Crippen LogP contribution in [-0.4, -0.2) is 70.8 Å². The largest absolute Gasteiger partial charge is 0.454 e. The summed E-state index contributed by atoms with van der Waals surface area (Å²) in [7, 11) is 0. The third kappa shape index (κ3) is 3.15. The standard InChI is InChI=1S/C28H40O9/c1-24(2)25(3)14-15-28(24,37-22(25)30)23(31)32-17-16(29)18-20(35-26(33-18)10-6-4-7-11-26)21-19(17)34-27(36-21)12-8-5-9-13-27/h16-21,29H,4-15H2,1-3H3/t16-,17-,18+,19-,20-,21-,25-,28+/m0/s1. The van der Waals surface area contributed by atoms with Crippen molar-refractivity contribution in [3.63, 3.8) is 0 Å². The lowest BCUT2D eigenvalue weighted by Crippen LogP contribution is -2.64. The van der Waals surface area contributed by atoms with Crippen molar-refractivity contribution in [2.24, 2.45) is 10.8 Å². The zero-order valence-electron chi connectivity index (χ0n) is 22.2. The molecular formula is C28H40O9. The molecule has 0 amide bonds. The van der Waals surface area contributed by atoms with Crippen LogP contribution >= 0.6 is 0 Å². The molecule has 0 unspecified atom stereocenters. The Kier molecular flexibility index (Phi) is 5.29. The fourth-order valence-electron chi connectivity index (χ4n) is 8.43. The normalized spacial score (nSPS) is 48.6. The van der Waals surface area contributed by atoms with Crippen molar-refractivity contribution in [3.8, 4) is 0 Å². The summed E-state index contributed by atoms with van der Waals surface area (Å²) in [5.74, 6) is -2.48. The maximum atomic E-state index is 13.9. The van der Waals surface area contributed by atoms with Crippen LogP contribution in [0.4, 0.5) is 0 Å². The number of carbonyl (C=O) groups is 2. The number of hydrogen-bond acceptors (Lipinski definition) is 9. The lowest BCUT2D eigenvalue weighted by molar-refractivity contribution is -0.230. The van der Waals surface area contributed by atoms with Crippen molar-refractivity contribution in [2.45, 2.75) is 152 Å². The van der Waals surface area contributed by atoms with E-state index in [1.54, 1.807) is 0 Å². The summed E-state index contributed by atoms with van der Waals surface area (Å²) < 4.78 is 38.2. The summed E-state index contributed by atoms with van der Waals surface area (Å²) >= 11 is 0. The molecule has 0 aromatic carbocycles. The Labute approximate surface area is 217 Å². The number of aliphatic hydroxyl groups is 1. The first kappa shape index (κ1) is 24.8. The van der Waals surface area contributed by atoms with E-state index in [4.69, 9.17) is 28.4 Å². The average Bonchev–Trinajstić information content (AvgIpc) is 3.52. The minimum Gasteiger partial charge on any atom is -0.454 e. The molecule has 8 atom stereocenters. The Bertz CT molecular complexity index is 982. The molecule has 2 spiro atoms. The molecule has 9 nitrogen and oxygen atoms in total. The van der Waals surface area contributed by atoms with Gasteiger partial charge in [0.1, 0.15) is 30.5 Å². The van der Waals surface area contributed by atoms with Crippen LogP contribution < -0.4 is 0 Å². The molecule has 3 saturated heterocycles. The number of rotatable bonds is 2. The van der Waals surface area contributed by atoms with Gasteiger partial charge in [-0.15, -0.1) is 0 Å². The highest BCUT2D eigenvalue weighted by Gasteiger charge is 2.77. The van der Waals surface area contributed by atoms with Crippen LogP contribution in [0.1, 0.15) is 97.8 Å². The number of hydrogen-bond donors (Lipinski definition) is 1. The van der Waals surface area contributed by atoms with Gasteiger partial charge in [-0.25, -0.2) is 4.79 Å². The maximum absolute atomic E-state index is 13.9. The Morgan fingerprint density at radius 1 is 0.757 bits per heavy atom. The predicted octanol–water partition coefficient (Wildman–Crippen LogP) is 3.28. The van der Waals surface area contributed by atoms with E-state index >= 15 is 0 Å². The maximum Gasteiger partial charge on any atom is 0.351 e. The van der Waals surface area contributed by atoms with Gasteiger partial charge in [-0.2, -0.15) is 0 Å². The molecule has 3 heterocycles. The van der Waals surface area contributed by atoms with Crippen molar-refractivity contribution in [3.05, 3.63) is 0 Å². The molecular weight excluding hydrogens is 480 g/mol. The van der Waals surface area contributed by atoms with E-state index in [0.717, 1.165) is 64.2 Å². The molecule has 1 N–H and O–H groups in total. The molecule has 0 aromatic heterocycles. The second-order valence-electron chi connectivity index (χ2n) is 13.3. The molecule has 7 rings (SSSR count). The lowest BCUT2D eigenvalue weighted by atomic mass is 9.66. The summed E-state index contributed by atoms with van der Waals surface area (Å²) in [6.07, 6.45) is 5.71. The van der Waals surface area contributed by atoms with E-state index < -0.39 is 70.6 Å². The molecule has 0 radical (unpaired) electrons. The van der Waals surface area contributed by atoms with E-state index in [9.17, 15) is 14.7 Å². The van der Waals surface area contributed by atoms with Gasteiger partial charge in [-0.1, -0.05) is 26.7 Å². The van der Waals surface area contributed by atoms with Crippen molar-refractivity contribution in [1.82, 2.24) is 0 Å². The van der Waals surface area contributed by atoms with E-state index in [1.165, 1.54) is 0 Å². The summed E-state index contributed by atoms with van der Waals surface area (Å²) in [5, 5.41) is 11.7. The van der Waals surface area contributed by atoms with Gasteiger partial charge in [-0.3, -0.25) is 4.79 Å². The molecule has 0 aromatic rings. The van der Waals surface area contributed by atoms with Crippen LogP contribution in [0.5, 0.6) is 0 Å². The third-order valence-electron chi connectivity index (χ3n) is 11.3. The van der Waals surface area contributed by atoms with E-state index in [2.05, 4.69) is 0 Å². The topological polar surface area (TPSA) is 110 Å². The smallest absolute Gasteiger partial charge is 0.351 e. The first-order chi connectivity index (χ1) is 17.6. The number of fused-ring (bicyclic) bond motifs is 5. The molecule has 9 heteroatoms. The van der Waals surface area contributed by atoms with Crippen molar-refractivity contribution in [1.29, 1.82) is 0 Å². The van der Waals surface area contributed by atoms with Crippen molar-refractivity contribution >= 4 is 11.9 Å². The Hall–Kier alpha value is -1.26. The van der Waals surface area contributed by atoms with Gasteiger partial charge < -0.3 is 33.5 Å². The zero-order valence-corrected chi connectivity index (χ0v) is 22.2. The molecule has 2 bridgehead atoms. The van der Waals surface area contributed by atoms with Crippen LogP contribution in [0.25, 0.3) is 0 Å². The minimum atomic E-state index is -1.38. The Morgan fingerprint density at radius 3 is 1.78 bits per heavy atom. The van der Waals surface area contributed by atoms with Gasteiger partial charge in [0.25, 0.3) is 0 Å². The van der Waals surface area contributed by atoms with Gasteiger partial charge in [0.05, 0.1) is 5.41 Å². The second kappa shape index (κ2) is 7.90.